The SMILES string of the molecule is CN(C)S(=O)(=O)Nc1cc([C@H](O)CNCCOc2ccc3c4c(oc3c2)CCCC4)ccc1O. The number of rotatable bonds is 10. The van der Waals surface area contributed by atoms with E-state index in [1.165, 1.54) is 50.0 Å². The molecule has 9 nitrogen and oxygen atoms in total. The van der Waals surface area contributed by atoms with Crippen molar-refractivity contribution in [3.63, 3.8) is 0 Å². The second-order valence-corrected chi connectivity index (χ2v) is 10.5. The van der Waals surface area contributed by atoms with Gasteiger partial charge in [-0.15, -0.1) is 0 Å². The number of hydrogen-bond acceptors (Lipinski definition) is 7. The van der Waals surface area contributed by atoms with Crippen LogP contribution >= 0.6 is 0 Å². The highest BCUT2D eigenvalue weighted by molar-refractivity contribution is 7.90. The fourth-order valence-corrected chi connectivity index (χ4v) is 4.63. The standard InChI is InChI=1S/C24H31N3O6S/c1-27(2)34(30,31)26-20-13-16(7-10-21(20)28)22(29)15-25-11-12-32-17-8-9-19-18-5-3-4-6-23(18)33-24(19)14-17/h7-10,13-14,22,25-26,28-29H,3-6,11-12,15H2,1-2H3/t22-/m1/s1. The van der Waals surface area contributed by atoms with Crippen molar-refractivity contribution in [1.82, 2.24) is 9.62 Å². The first-order valence-electron chi connectivity index (χ1n) is 11.3. The third-order valence-corrected chi connectivity index (χ3v) is 7.38. The van der Waals surface area contributed by atoms with Crippen LogP contribution in [0.15, 0.2) is 40.8 Å². The lowest BCUT2D eigenvalue weighted by Crippen LogP contribution is -2.29. The number of phenolic OH excluding ortho intramolecular Hbond substituents is 1. The Morgan fingerprint density at radius 3 is 2.74 bits per heavy atom. The van der Waals surface area contributed by atoms with Crippen molar-refractivity contribution in [2.75, 3.05) is 38.5 Å². The number of phenols is 1. The number of anilines is 1. The van der Waals surface area contributed by atoms with E-state index >= 15 is 0 Å². The van der Waals surface area contributed by atoms with Gasteiger partial charge in [0.1, 0.15) is 29.4 Å². The number of aromatic hydroxyl groups is 1. The van der Waals surface area contributed by atoms with Gasteiger partial charge in [-0.2, -0.15) is 12.7 Å². The van der Waals surface area contributed by atoms with E-state index in [2.05, 4.69) is 16.1 Å². The normalized spacial score (nSPS) is 14.8. The second-order valence-electron chi connectivity index (χ2n) is 8.60. The van der Waals surface area contributed by atoms with Crippen LogP contribution in [0.3, 0.4) is 0 Å². The minimum atomic E-state index is -3.78. The molecule has 0 radical (unpaired) electrons. The molecule has 1 aromatic heterocycles. The maximum atomic E-state index is 12.0. The number of nitrogens with zero attached hydrogens (tertiary/aromatic N) is 1. The first-order chi connectivity index (χ1) is 16.2. The largest absolute Gasteiger partial charge is 0.506 e. The maximum Gasteiger partial charge on any atom is 0.301 e. The highest BCUT2D eigenvalue weighted by Gasteiger charge is 2.19. The minimum Gasteiger partial charge on any atom is -0.506 e. The molecule has 0 saturated carbocycles. The number of aryl methyl sites for hydroxylation is 2. The van der Waals surface area contributed by atoms with Crippen molar-refractivity contribution >= 4 is 26.9 Å². The van der Waals surface area contributed by atoms with E-state index in [9.17, 15) is 18.6 Å². The Kier molecular flexibility index (Phi) is 7.32. The smallest absolute Gasteiger partial charge is 0.301 e. The summed E-state index contributed by atoms with van der Waals surface area (Å²) in [6, 6.07) is 10.2. The molecule has 0 aliphatic heterocycles. The first kappa shape index (κ1) is 24.3. The highest BCUT2D eigenvalue weighted by atomic mass is 32.2. The van der Waals surface area contributed by atoms with Gasteiger partial charge in [0.2, 0.25) is 0 Å². The van der Waals surface area contributed by atoms with Gasteiger partial charge < -0.3 is 24.7 Å². The molecule has 1 aliphatic rings. The van der Waals surface area contributed by atoms with Crippen LogP contribution in [0.1, 0.15) is 35.8 Å². The number of aliphatic hydroxyl groups is 1. The van der Waals surface area contributed by atoms with Gasteiger partial charge in [0, 0.05) is 50.6 Å². The molecule has 0 saturated heterocycles. The molecule has 0 fully saturated rings. The van der Waals surface area contributed by atoms with Crippen LogP contribution < -0.4 is 14.8 Å². The Morgan fingerprint density at radius 2 is 1.94 bits per heavy atom. The van der Waals surface area contributed by atoms with E-state index in [4.69, 9.17) is 9.15 Å². The van der Waals surface area contributed by atoms with Crippen LogP contribution in [0.5, 0.6) is 11.5 Å². The van der Waals surface area contributed by atoms with Crippen LogP contribution in [-0.4, -0.2) is 56.7 Å². The molecule has 3 aromatic rings. The van der Waals surface area contributed by atoms with Crippen LogP contribution in [0.25, 0.3) is 11.0 Å². The summed E-state index contributed by atoms with van der Waals surface area (Å²) in [5.41, 5.74) is 2.66. The summed E-state index contributed by atoms with van der Waals surface area (Å²) in [5, 5.41) is 24.7. The Bertz CT molecular complexity index is 1260. The minimum absolute atomic E-state index is 0.00332. The zero-order valence-corrected chi connectivity index (χ0v) is 20.2. The highest BCUT2D eigenvalue weighted by Crippen LogP contribution is 2.33. The molecule has 4 N–H and O–H groups in total. The van der Waals surface area contributed by atoms with E-state index in [1.54, 1.807) is 6.07 Å². The summed E-state index contributed by atoms with van der Waals surface area (Å²) >= 11 is 0. The van der Waals surface area contributed by atoms with Gasteiger partial charge in [0.05, 0.1) is 11.8 Å². The molecule has 34 heavy (non-hydrogen) atoms. The number of aliphatic hydroxyl groups excluding tert-OH is 1. The van der Waals surface area contributed by atoms with Crippen LogP contribution in [-0.2, 0) is 23.1 Å². The Morgan fingerprint density at radius 1 is 1.15 bits per heavy atom. The molecular weight excluding hydrogens is 458 g/mol. The molecule has 0 unspecified atom stereocenters. The molecule has 1 heterocycles. The molecule has 0 amide bonds. The third-order valence-electron chi connectivity index (χ3n) is 5.94. The zero-order chi connectivity index (χ0) is 24.3. The van der Waals surface area contributed by atoms with Gasteiger partial charge in [0.15, 0.2) is 0 Å². The molecule has 184 valence electrons. The second kappa shape index (κ2) is 10.2. The summed E-state index contributed by atoms with van der Waals surface area (Å²) < 4.78 is 39.2. The van der Waals surface area contributed by atoms with Crippen molar-refractivity contribution in [3.8, 4) is 11.5 Å². The number of furan rings is 1. The summed E-state index contributed by atoms with van der Waals surface area (Å²) in [6.07, 6.45) is 3.54. The molecule has 2 aromatic carbocycles. The van der Waals surface area contributed by atoms with Gasteiger partial charge in [-0.3, -0.25) is 4.72 Å². The number of nitrogens with one attached hydrogen (secondary N) is 2. The lowest BCUT2D eigenvalue weighted by Gasteiger charge is -2.17. The van der Waals surface area contributed by atoms with Gasteiger partial charge in [-0.25, -0.2) is 0 Å². The van der Waals surface area contributed by atoms with Crippen molar-refractivity contribution < 1.29 is 27.8 Å². The molecule has 10 heteroatoms. The Labute approximate surface area is 199 Å². The van der Waals surface area contributed by atoms with Crippen molar-refractivity contribution in [3.05, 3.63) is 53.3 Å². The van der Waals surface area contributed by atoms with Crippen molar-refractivity contribution in [2.24, 2.45) is 0 Å². The van der Waals surface area contributed by atoms with E-state index in [1.807, 2.05) is 12.1 Å². The first-order valence-corrected chi connectivity index (χ1v) is 12.8. The number of fused-ring (bicyclic) bond motifs is 3. The van der Waals surface area contributed by atoms with E-state index in [0.29, 0.717) is 18.7 Å². The molecule has 1 aliphatic carbocycles. The van der Waals surface area contributed by atoms with Gasteiger partial charge in [-0.05, 0) is 49.1 Å². The van der Waals surface area contributed by atoms with Gasteiger partial charge in [0.25, 0.3) is 0 Å². The number of hydrogen-bond donors (Lipinski definition) is 4. The summed E-state index contributed by atoms with van der Waals surface area (Å²) in [6.45, 7) is 1.14. The van der Waals surface area contributed by atoms with Crippen LogP contribution in [0.4, 0.5) is 5.69 Å². The third kappa shape index (κ3) is 5.47. The van der Waals surface area contributed by atoms with E-state index in [0.717, 1.165) is 34.2 Å². The number of ether oxygens (including phenoxy) is 1. The fraction of sp³-hybridized carbons (Fsp3) is 0.417. The summed E-state index contributed by atoms with van der Waals surface area (Å²) in [4.78, 5) is 0. The van der Waals surface area contributed by atoms with Crippen LogP contribution in [0, 0.1) is 0 Å². The molecule has 0 bridgehead atoms. The number of benzene rings is 2. The predicted octanol–water partition coefficient (Wildman–Crippen LogP) is 2.94. The topological polar surface area (TPSA) is 124 Å². The van der Waals surface area contributed by atoms with E-state index < -0.39 is 16.3 Å². The van der Waals surface area contributed by atoms with E-state index in [-0.39, 0.29) is 18.0 Å². The Balaban J connectivity index is 1.27. The monoisotopic (exact) mass is 489 g/mol. The predicted molar refractivity (Wildman–Crippen MR) is 131 cm³/mol. The van der Waals surface area contributed by atoms with Gasteiger partial charge in [-0.1, -0.05) is 6.07 Å². The fourth-order valence-electron chi connectivity index (χ4n) is 4.00. The van der Waals surface area contributed by atoms with Crippen molar-refractivity contribution in [2.45, 2.75) is 31.8 Å². The van der Waals surface area contributed by atoms with Crippen LogP contribution in [0.2, 0.25) is 0 Å². The summed E-state index contributed by atoms with van der Waals surface area (Å²) in [7, 11) is -1.02. The molecule has 1 atom stereocenters. The molecular formula is C24H31N3O6S. The summed E-state index contributed by atoms with van der Waals surface area (Å²) in [5.74, 6) is 1.61. The Hall–Kier alpha value is -2.79. The maximum absolute atomic E-state index is 12.0. The van der Waals surface area contributed by atoms with Gasteiger partial charge >= 0.3 is 10.2 Å². The lowest BCUT2D eigenvalue weighted by atomic mass is 9.96. The molecule has 0 spiro atoms. The zero-order valence-electron chi connectivity index (χ0n) is 19.4. The lowest BCUT2D eigenvalue weighted by molar-refractivity contribution is 0.172. The average Bonchev–Trinajstić information content (AvgIpc) is 3.17. The molecule has 4 rings (SSSR count). The average molecular weight is 490 g/mol. The quantitative estimate of drug-likeness (QED) is 0.255. The van der Waals surface area contributed by atoms with Crippen molar-refractivity contribution in [1.29, 1.82) is 0 Å².